The highest BCUT2D eigenvalue weighted by molar-refractivity contribution is 7.89. The Balaban J connectivity index is 2.08. The van der Waals surface area contributed by atoms with Gasteiger partial charge in [0.25, 0.3) is 5.91 Å². The number of likely N-dealkylation sites (N-methyl/N-ethyl adjacent to an activating group) is 1. The number of carbonyl (C=O) groups excluding carboxylic acids is 1. The number of carbonyl (C=O) groups is 1. The van der Waals surface area contributed by atoms with E-state index >= 15 is 0 Å². The van der Waals surface area contributed by atoms with E-state index in [9.17, 15) is 13.2 Å². The molecule has 0 aliphatic heterocycles. The van der Waals surface area contributed by atoms with Gasteiger partial charge in [0.05, 0.1) is 38.8 Å². The van der Waals surface area contributed by atoms with Crippen molar-refractivity contribution >= 4 is 21.6 Å². The number of primary sulfonamides is 1. The Kier molecular flexibility index (Phi) is 7.43. The van der Waals surface area contributed by atoms with Gasteiger partial charge < -0.3 is 24.4 Å². The summed E-state index contributed by atoms with van der Waals surface area (Å²) in [5.74, 6) is 1.32. The van der Waals surface area contributed by atoms with Crippen molar-refractivity contribution in [2.75, 3.05) is 40.2 Å². The molecule has 0 spiro atoms. The summed E-state index contributed by atoms with van der Waals surface area (Å²) in [7, 11) is 2.64. The van der Waals surface area contributed by atoms with Crippen LogP contribution in [0.15, 0.2) is 41.3 Å². The third-order valence-electron chi connectivity index (χ3n) is 4.19. The van der Waals surface area contributed by atoms with Crippen LogP contribution in [0, 0.1) is 0 Å². The minimum Gasteiger partial charge on any atom is -0.493 e. The van der Waals surface area contributed by atoms with E-state index in [0.717, 1.165) is 10.5 Å². The number of sulfonamides is 1. The van der Waals surface area contributed by atoms with Gasteiger partial charge in [-0.25, -0.2) is 13.6 Å². The maximum atomic E-state index is 12.4. The number of anilines is 1. The van der Waals surface area contributed by atoms with Crippen molar-refractivity contribution in [3.63, 3.8) is 0 Å². The zero-order valence-corrected chi connectivity index (χ0v) is 17.6. The molecule has 0 aliphatic carbocycles. The standard InChI is InChI=1S/C19H25N3O6S/c1-22(11-13-8-9-16(26-2)19(28-4)18(13)27-3)12-17(23)21-14-6-5-7-15(10-14)29(20,24)25/h5-10H,11-12H2,1-4H3,(H,21,23)(H2,20,24,25)/p+1. The molecule has 1 amide bonds. The van der Waals surface area contributed by atoms with Crippen LogP contribution in [-0.4, -0.2) is 49.2 Å². The number of quaternary nitrogens is 1. The number of hydrogen-bond donors (Lipinski definition) is 3. The monoisotopic (exact) mass is 424 g/mol. The SMILES string of the molecule is COc1ccc(C[NH+](C)CC(=O)Nc2cccc(S(N)(=O)=O)c2)c(OC)c1OC. The first-order chi connectivity index (χ1) is 13.7. The number of nitrogens with two attached hydrogens (primary N) is 1. The van der Waals surface area contributed by atoms with Crippen molar-refractivity contribution in [3.05, 3.63) is 42.0 Å². The number of rotatable bonds is 9. The molecule has 0 heterocycles. The smallest absolute Gasteiger partial charge is 0.279 e. The van der Waals surface area contributed by atoms with Gasteiger partial charge in [-0.05, 0) is 30.3 Å². The second kappa shape index (κ2) is 9.59. The first kappa shape index (κ1) is 22.5. The number of nitrogens with one attached hydrogen (secondary N) is 2. The topological polar surface area (TPSA) is 121 Å². The molecule has 1 unspecified atom stereocenters. The number of ether oxygens (including phenoxy) is 3. The lowest BCUT2D eigenvalue weighted by Gasteiger charge is -2.18. The molecular formula is C19H26N3O6S+. The zero-order valence-electron chi connectivity index (χ0n) is 16.8. The second-order valence-electron chi connectivity index (χ2n) is 6.43. The van der Waals surface area contributed by atoms with Crippen LogP contribution in [0.5, 0.6) is 17.2 Å². The molecule has 0 fully saturated rings. The van der Waals surface area contributed by atoms with Crippen LogP contribution in [0.25, 0.3) is 0 Å². The highest BCUT2D eigenvalue weighted by Crippen LogP contribution is 2.39. The Bertz CT molecular complexity index is 978. The van der Waals surface area contributed by atoms with Crippen LogP contribution in [0.3, 0.4) is 0 Å². The van der Waals surface area contributed by atoms with Gasteiger partial charge in [-0.1, -0.05) is 6.07 Å². The highest BCUT2D eigenvalue weighted by Gasteiger charge is 2.20. The lowest BCUT2D eigenvalue weighted by Crippen LogP contribution is -3.08. The van der Waals surface area contributed by atoms with Gasteiger partial charge in [0.1, 0.15) is 6.54 Å². The van der Waals surface area contributed by atoms with Crippen molar-refractivity contribution in [1.82, 2.24) is 0 Å². The second-order valence-corrected chi connectivity index (χ2v) is 7.99. The van der Waals surface area contributed by atoms with Crippen LogP contribution in [0.2, 0.25) is 0 Å². The molecule has 9 nitrogen and oxygen atoms in total. The Hall–Kier alpha value is -2.82. The molecule has 0 radical (unpaired) electrons. The summed E-state index contributed by atoms with van der Waals surface area (Å²) in [6.45, 7) is 0.644. The molecule has 4 N–H and O–H groups in total. The number of hydrogen-bond acceptors (Lipinski definition) is 6. The molecule has 0 saturated carbocycles. The number of methoxy groups -OCH3 is 3. The minimum atomic E-state index is -3.84. The molecule has 0 saturated heterocycles. The fourth-order valence-electron chi connectivity index (χ4n) is 2.92. The molecule has 29 heavy (non-hydrogen) atoms. The van der Waals surface area contributed by atoms with E-state index in [2.05, 4.69) is 5.32 Å². The molecule has 2 rings (SSSR count). The van der Waals surface area contributed by atoms with E-state index in [0.29, 0.717) is 29.5 Å². The van der Waals surface area contributed by atoms with E-state index in [1.54, 1.807) is 26.4 Å². The molecule has 0 aliphatic rings. The van der Waals surface area contributed by atoms with Crippen molar-refractivity contribution in [2.45, 2.75) is 11.4 Å². The molecule has 1 atom stereocenters. The van der Waals surface area contributed by atoms with Crippen LogP contribution < -0.4 is 29.6 Å². The third kappa shape index (κ3) is 5.83. The van der Waals surface area contributed by atoms with Gasteiger partial charge in [-0.2, -0.15) is 0 Å². The van der Waals surface area contributed by atoms with Gasteiger partial charge in [0.2, 0.25) is 15.8 Å². The fraction of sp³-hybridized carbons (Fsp3) is 0.316. The normalized spacial score (nSPS) is 12.2. The Morgan fingerprint density at radius 2 is 1.76 bits per heavy atom. The molecular weight excluding hydrogens is 398 g/mol. The maximum absolute atomic E-state index is 12.4. The highest BCUT2D eigenvalue weighted by atomic mass is 32.2. The lowest BCUT2D eigenvalue weighted by atomic mass is 10.1. The molecule has 10 heteroatoms. The molecule has 2 aromatic rings. The van der Waals surface area contributed by atoms with Crippen LogP contribution >= 0.6 is 0 Å². The minimum absolute atomic E-state index is 0.0638. The molecule has 0 bridgehead atoms. The van der Waals surface area contributed by atoms with Gasteiger partial charge in [-0.3, -0.25) is 4.79 Å². The summed E-state index contributed by atoms with van der Waals surface area (Å²) >= 11 is 0. The quantitative estimate of drug-likeness (QED) is 0.522. The first-order valence-electron chi connectivity index (χ1n) is 8.71. The van der Waals surface area contributed by atoms with Crippen LogP contribution in [-0.2, 0) is 21.4 Å². The van der Waals surface area contributed by atoms with Gasteiger partial charge >= 0.3 is 0 Å². The largest absolute Gasteiger partial charge is 0.493 e. The predicted molar refractivity (Wildman–Crippen MR) is 108 cm³/mol. The van der Waals surface area contributed by atoms with E-state index in [1.807, 2.05) is 13.1 Å². The van der Waals surface area contributed by atoms with Gasteiger partial charge in [0.15, 0.2) is 18.0 Å². The third-order valence-corrected chi connectivity index (χ3v) is 5.10. The lowest BCUT2D eigenvalue weighted by molar-refractivity contribution is -0.885. The van der Waals surface area contributed by atoms with E-state index < -0.39 is 10.0 Å². The summed E-state index contributed by atoms with van der Waals surface area (Å²) < 4.78 is 39.0. The summed E-state index contributed by atoms with van der Waals surface area (Å²) in [6, 6.07) is 9.44. The predicted octanol–water partition coefficient (Wildman–Crippen LogP) is 0.0132. The summed E-state index contributed by atoms with van der Waals surface area (Å²) in [6.07, 6.45) is 0. The van der Waals surface area contributed by atoms with Gasteiger partial charge in [0, 0.05) is 5.69 Å². The van der Waals surface area contributed by atoms with Crippen molar-refractivity contribution in [1.29, 1.82) is 0 Å². The molecule has 0 aromatic heterocycles. The summed E-state index contributed by atoms with van der Waals surface area (Å²) in [5, 5.41) is 7.80. The van der Waals surface area contributed by atoms with Crippen molar-refractivity contribution < 1.29 is 32.3 Å². The van der Waals surface area contributed by atoms with Crippen LogP contribution in [0.1, 0.15) is 5.56 Å². The maximum Gasteiger partial charge on any atom is 0.279 e. The first-order valence-corrected chi connectivity index (χ1v) is 10.3. The number of amides is 1. The molecule has 158 valence electrons. The van der Waals surface area contributed by atoms with E-state index in [4.69, 9.17) is 19.3 Å². The molecule has 2 aromatic carbocycles. The average Bonchev–Trinajstić information content (AvgIpc) is 2.66. The van der Waals surface area contributed by atoms with E-state index in [1.165, 1.54) is 25.3 Å². The fourth-order valence-corrected chi connectivity index (χ4v) is 3.48. The van der Waals surface area contributed by atoms with E-state index in [-0.39, 0.29) is 17.3 Å². The Morgan fingerprint density at radius 1 is 1.07 bits per heavy atom. The van der Waals surface area contributed by atoms with Crippen LogP contribution in [0.4, 0.5) is 5.69 Å². The van der Waals surface area contributed by atoms with Crippen molar-refractivity contribution in [3.8, 4) is 17.2 Å². The zero-order chi connectivity index (χ0) is 21.6. The Labute approximate surface area is 170 Å². The number of benzene rings is 2. The summed E-state index contributed by atoms with van der Waals surface area (Å²) in [4.78, 5) is 13.2. The Morgan fingerprint density at radius 3 is 2.34 bits per heavy atom. The van der Waals surface area contributed by atoms with Gasteiger partial charge in [-0.15, -0.1) is 0 Å². The average molecular weight is 424 g/mol. The van der Waals surface area contributed by atoms with Crippen molar-refractivity contribution in [2.24, 2.45) is 5.14 Å². The summed E-state index contributed by atoms with van der Waals surface area (Å²) in [5.41, 5.74) is 1.21.